The third-order valence-corrected chi connectivity index (χ3v) is 5.30. The number of rotatable bonds is 8. The van der Waals surface area contributed by atoms with Gasteiger partial charge in [-0.2, -0.15) is 0 Å². The Bertz CT molecular complexity index is 881. The molecule has 1 aliphatic heterocycles. The largest absolute Gasteiger partial charge is 0.493 e. The molecular formula is C22H23ClN2O2S. The van der Waals surface area contributed by atoms with Crippen LogP contribution in [0.15, 0.2) is 58.4 Å². The second kappa shape index (κ2) is 10.3. The molecule has 0 aliphatic carbocycles. The fourth-order valence-electron chi connectivity index (χ4n) is 2.72. The van der Waals surface area contributed by atoms with Crippen LogP contribution in [0, 0.1) is 0 Å². The highest BCUT2D eigenvalue weighted by Crippen LogP contribution is 2.32. The lowest BCUT2D eigenvalue weighted by atomic mass is 10.1. The van der Waals surface area contributed by atoms with E-state index < -0.39 is 0 Å². The quantitative estimate of drug-likeness (QED) is 0.413. The number of unbranched alkanes of at least 4 members (excludes halogenated alkanes) is 3. The van der Waals surface area contributed by atoms with Gasteiger partial charge in [-0.1, -0.05) is 56.0 Å². The smallest absolute Gasteiger partial charge is 0.264 e. The highest BCUT2D eigenvalue weighted by Gasteiger charge is 2.24. The van der Waals surface area contributed by atoms with Crippen LogP contribution < -0.4 is 10.1 Å². The minimum absolute atomic E-state index is 0.173. The normalized spacial score (nSPS) is 16.6. The van der Waals surface area contributed by atoms with Crippen LogP contribution in [0.1, 0.15) is 38.2 Å². The zero-order chi connectivity index (χ0) is 19.8. The topological polar surface area (TPSA) is 50.7 Å². The van der Waals surface area contributed by atoms with Gasteiger partial charge in [-0.3, -0.25) is 4.79 Å². The average Bonchev–Trinajstić information content (AvgIpc) is 3.03. The van der Waals surface area contributed by atoms with Crippen molar-refractivity contribution < 1.29 is 9.53 Å². The van der Waals surface area contributed by atoms with E-state index in [0.717, 1.165) is 29.8 Å². The number of para-hydroxylation sites is 1. The fraction of sp³-hybridized carbons (Fsp3) is 0.273. The van der Waals surface area contributed by atoms with Gasteiger partial charge in [-0.25, -0.2) is 4.99 Å². The highest BCUT2D eigenvalue weighted by atomic mass is 35.5. The number of thioether (sulfide) groups is 1. The van der Waals surface area contributed by atoms with E-state index in [1.807, 2.05) is 42.5 Å². The molecule has 0 bridgehead atoms. The van der Waals surface area contributed by atoms with Crippen LogP contribution in [0.2, 0.25) is 5.02 Å². The standard InChI is InChI=1S/C22H23ClN2O2S/c1-2-3-4-8-13-27-19-12-11-17(23)14-16(19)15-20-21(26)25-22(28-20)24-18-9-6-5-7-10-18/h5-7,9-12,14-15H,2-4,8,13H2,1H3,(H,24,25,26)/b20-15+. The SMILES string of the molecule is CCCCCCOc1ccc(Cl)cc1/C=C1/SC(=Nc2ccccc2)NC1=O. The Balaban J connectivity index is 1.74. The molecule has 146 valence electrons. The number of nitrogens with zero attached hydrogens (tertiary/aromatic N) is 1. The summed E-state index contributed by atoms with van der Waals surface area (Å²) in [5, 5.41) is 3.97. The molecule has 1 aliphatic rings. The number of benzene rings is 2. The van der Waals surface area contributed by atoms with E-state index in [0.29, 0.717) is 21.7 Å². The number of aliphatic imine (C=N–C) groups is 1. The molecule has 4 nitrogen and oxygen atoms in total. The van der Waals surface area contributed by atoms with E-state index in [1.54, 1.807) is 12.1 Å². The number of carbonyl (C=O) groups excluding carboxylic acids is 1. The number of hydrogen-bond donors (Lipinski definition) is 1. The van der Waals surface area contributed by atoms with Gasteiger partial charge in [-0.15, -0.1) is 0 Å². The molecule has 6 heteroatoms. The van der Waals surface area contributed by atoms with E-state index in [9.17, 15) is 4.79 Å². The van der Waals surface area contributed by atoms with Gasteiger partial charge < -0.3 is 10.1 Å². The fourth-order valence-corrected chi connectivity index (χ4v) is 3.73. The van der Waals surface area contributed by atoms with E-state index in [2.05, 4.69) is 17.2 Å². The molecule has 28 heavy (non-hydrogen) atoms. The maximum Gasteiger partial charge on any atom is 0.264 e. The summed E-state index contributed by atoms with van der Waals surface area (Å²) in [6.45, 7) is 2.84. The highest BCUT2D eigenvalue weighted by molar-refractivity contribution is 8.18. The first-order valence-electron chi connectivity index (χ1n) is 9.42. The van der Waals surface area contributed by atoms with Crippen molar-refractivity contribution in [3.63, 3.8) is 0 Å². The lowest BCUT2D eigenvalue weighted by Crippen LogP contribution is -2.19. The van der Waals surface area contributed by atoms with Crippen molar-refractivity contribution in [3.05, 3.63) is 64.0 Å². The second-order valence-electron chi connectivity index (χ2n) is 6.41. The summed E-state index contributed by atoms with van der Waals surface area (Å²) in [5.41, 5.74) is 1.59. The van der Waals surface area contributed by atoms with Crippen LogP contribution in [0.4, 0.5) is 5.69 Å². The van der Waals surface area contributed by atoms with Crippen LogP contribution in [-0.2, 0) is 4.79 Å². The van der Waals surface area contributed by atoms with Crippen molar-refractivity contribution in [2.24, 2.45) is 4.99 Å². The van der Waals surface area contributed by atoms with Gasteiger partial charge in [0.2, 0.25) is 0 Å². The van der Waals surface area contributed by atoms with E-state index in [4.69, 9.17) is 16.3 Å². The van der Waals surface area contributed by atoms with Crippen molar-refractivity contribution in [1.29, 1.82) is 0 Å². The lowest BCUT2D eigenvalue weighted by Gasteiger charge is -2.10. The monoisotopic (exact) mass is 414 g/mol. The zero-order valence-corrected chi connectivity index (χ0v) is 17.4. The lowest BCUT2D eigenvalue weighted by molar-refractivity contribution is -0.115. The van der Waals surface area contributed by atoms with Crippen molar-refractivity contribution in [1.82, 2.24) is 5.32 Å². The molecule has 1 fully saturated rings. The molecule has 1 heterocycles. The molecule has 0 atom stereocenters. The van der Waals surface area contributed by atoms with Gasteiger partial charge in [0.15, 0.2) is 5.17 Å². The third-order valence-electron chi connectivity index (χ3n) is 4.15. The third kappa shape index (κ3) is 5.88. The number of amidine groups is 1. The van der Waals surface area contributed by atoms with Crippen molar-refractivity contribution in [3.8, 4) is 5.75 Å². The summed E-state index contributed by atoms with van der Waals surface area (Å²) in [7, 11) is 0. The maximum absolute atomic E-state index is 12.4. The predicted molar refractivity (Wildman–Crippen MR) is 118 cm³/mol. The molecule has 2 aromatic carbocycles. The maximum atomic E-state index is 12.4. The van der Waals surface area contributed by atoms with E-state index in [-0.39, 0.29) is 5.91 Å². The minimum Gasteiger partial charge on any atom is -0.493 e. The Morgan fingerprint density at radius 2 is 1.96 bits per heavy atom. The number of amides is 1. The predicted octanol–water partition coefficient (Wildman–Crippen LogP) is 6.19. The van der Waals surface area contributed by atoms with Crippen LogP contribution in [0.3, 0.4) is 0 Å². The zero-order valence-electron chi connectivity index (χ0n) is 15.8. The summed E-state index contributed by atoms with van der Waals surface area (Å²) in [6, 6.07) is 15.0. The summed E-state index contributed by atoms with van der Waals surface area (Å²) in [5.74, 6) is 0.559. The number of ether oxygens (including phenoxy) is 1. The summed E-state index contributed by atoms with van der Waals surface area (Å²) in [4.78, 5) is 17.4. The molecular weight excluding hydrogens is 392 g/mol. The Hall–Kier alpha value is -2.24. The number of carbonyl (C=O) groups is 1. The van der Waals surface area contributed by atoms with E-state index in [1.165, 1.54) is 24.6 Å². The number of nitrogens with one attached hydrogen (secondary N) is 1. The number of hydrogen-bond acceptors (Lipinski definition) is 4. The summed E-state index contributed by atoms with van der Waals surface area (Å²) >= 11 is 7.47. The molecule has 2 aromatic rings. The van der Waals surface area contributed by atoms with Crippen LogP contribution in [-0.4, -0.2) is 17.7 Å². The van der Waals surface area contributed by atoms with Crippen molar-refractivity contribution >= 4 is 46.2 Å². The minimum atomic E-state index is -0.173. The first kappa shape index (κ1) is 20.5. The van der Waals surface area contributed by atoms with Crippen LogP contribution in [0.25, 0.3) is 6.08 Å². The molecule has 0 aromatic heterocycles. The Morgan fingerprint density at radius 1 is 1.14 bits per heavy atom. The van der Waals surface area contributed by atoms with Crippen molar-refractivity contribution in [2.75, 3.05) is 6.61 Å². The second-order valence-corrected chi connectivity index (χ2v) is 7.88. The average molecular weight is 415 g/mol. The molecule has 1 N–H and O–H groups in total. The summed E-state index contributed by atoms with van der Waals surface area (Å²) < 4.78 is 5.93. The summed E-state index contributed by atoms with van der Waals surface area (Å²) in [6.07, 6.45) is 6.37. The van der Waals surface area contributed by atoms with E-state index >= 15 is 0 Å². The molecule has 1 amide bonds. The first-order chi connectivity index (χ1) is 13.7. The Labute approximate surface area is 175 Å². The van der Waals surface area contributed by atoms with Gasteiger partial charge in [0.1, 0.15) is 5.75 Å². The molecule has 0 saturated carbocycles. The Kier molecular flexibility index (Phi) is 7.57. The number of halogens is 1. The van der Waals surface area contributed by atoms with Gasteiger partial charge in [-0.05, 0) is 54.6 Å². The molecule has 0 spiro atoms. The Morgan fingerprint density at radius 3 is 2.75 bits per heavy atom. The van der Waals surface area contributed by atoms with Crippen LogP contribution in [0.5, 0.6) is 5.75 Å². The van der Waals surface area contributed by atoms with Gasteiger partial charge >= 0.3 is 0 Å². The molecule has 3 rings (SSSR count). The van der Waals surface area contributed by atoms with Crippen LogP contribution >= 0.6 is 23.4 Å². The van der Waals surface area contributed by atoms with Gasteiger partial charge in [0.25, 0.3) is 5.91 Å². The van der Waals surface area contributed by atoms with Gasteiger partial charge in [0.05, 0.1) is 17.2 Å². The molecule has 0 unspecified atom stereocenters. The first-order valence-corrected chi connectivity index (χ1v) is 10.6. The van der Waals surface area contributed by atoms with Gasteiger partial charge in [0, 0.05) is 10.6 Å². The molecule has 0 radical (unpaired) electrons. The molecule has 1 saturated heterocycles. The van der Waals surface area contributed by atoms with Crippen molar-refractivity contribution in [2.45, 2.75) is 32.6 Å².